The number of amides is 2. The molecule has 3 aliphatic rings. The van der Waals surface area contributed by atoms with E-state index in [1.165, 1.54) is 0 Å². The largest absolute Gasteiger partial charge is 0.426 e. The van der Waals surface area contributed by atoms with Gasteiger partial charge in [-0.25, -0.2) is 0 Å². The minimum Gasteiger partial charge on any atom is -0.391 e. The van der Waals surface area contributed by atoms with E-state index in [1.54, 1.807) is 0 Å². The van der Waals surface area contributed by atoms with Crippen molar-refractivity contribution >= 4 is 11.8 Å². The molecular formula is C17H25F3N2O5. The summed E-state index contributed by atoms with van der Waals surface area (Å²) in [4.78, 5) is 26.0. The van der Waals surface area contributed by atoms with Crippen molar-refractivity contribution in [2.24, 2.45) is 5.92 Å². The Morgan fingerprint density at radius 2 is 1.70 bits per heavy atom. The summed E-state index contributed by atoms with van der Waals surface area (Å²) in [6.45, 7) is 0.355. The molecule has 1 saturated heterocycles. The molecule has 4 N–H and O–H groups in total. The van der Waals surface area contributed by atoms with Crippen LogP contribution < -0.4 is 5.32 Å². The van der Waals surface area contributed by atoms with Crippen molar-refractivity contribution in [2.45, 2.75) is 87.6 Å². The lowest BCUT2D eigenvalue weighted by Crippen LogP contribution is -2.65. The maximum Gasteiger partial charge on any atom is 0.426 e. The molecule has 7 nitrogen and oxygen atoms in total. The molecule has 27 heavy (non-hydrogen) atoms. The van der Waals surface area contributed by atoms with E-state index in [4.69, 9.17) is 0 Å². The Hall–Kier alpha value is -1.39. The minimum absolute atomic E-state index is 0.201. The van der Waals surface area contributed by atoms with E-state index in [9.17, 15) is 38.1 Å². The summed E-state index contributed by atoms with van der Waals surface area (Å²) in [7, 11) is 0. The van der Waals surface area contributed by atoms with Crippen LogP contribution in [0.5, 0.6) is 0 Å². The molecule has 10 heteroatoms. The number of aliphatic hydroxyl groups excluding tert-OH is 2. The Kier molecular flexibility index (Phi) is 5.19. The van der Waals surface area contributed by atoms with Gasteiger partial charge in [0, 0.05) is 0 Å². The monoisotopic (exact) mass is 394 g/mol. The first-order valence-corrected chi connectivity index (χ1v) is 9.23. The number of alkyl halides is 3. The second kappa shape index (κ2) is 6.89. The van der Waals surface area contributed by atoms with Crippen molar-refractivity contribution in [2.75, 3.05) is 0 Å². The van der Waals surface area contributed by atoms with Crippen LogP contribution in [-0.4, -0.2) is 74.1 Å². The SMILES string of the molecule is CC(O)(C(=O)N1C2CC(C[C@@H]2O)[C@@H]1C(=O)N[C@@H]1CCCC[C@H]1O)C(F)(F)F. The predicted octanol–water partition coefficient (Wildman–Crippen LogP) is 0.0697. The number of aliphatic hydroxyl groups is 3. The molecule has 0 aromatic carbocycles. The molecule has 2 bridgehead atoms. The number of likely N-dealkylation sites (tertiary alicyclic amines) is 1. The maximum absolute atomic E-state index is 13.1. The van der Waals surface area contributed by atoms with Crippen molar-refractivity contribution in [3.8, 4) is 0 Å². The van der Waals surface area contributed by atoms with Gasteiger partial charge in [-0.15, -0.1) is 0 Å². The van der Waals surface area contributed by atoms with Gasteiger partial charge in [0.25, 0.3) is 5.91 Å². The van der Waals surface area contributed by atoms with Crippen LogP contribution in [0.2, 0.25) is 0 Å². The molecule has 1 heterocycles. The van der Waals surface area contributed by atoms with Crippen LogP contribution in [0.15, 0.2) is 0 Å². The van der Waals surface area contributed by atoms with Crippen molar-refractivity contribution < 1.29 is 38.1 Å². The van der Waals surface area contributed by atoms with Crippen LogP contribution >= 0.6 is 0 Å². The second-order valence-electron chi connectivity index (χ2n) is 8.06. The highest BCUT2D eigenvalue weighted by molar-refractivity contribution is 5.93. The number of piperidine rings is 1. The van der Waals surface area contributed by atoms with Gasteiger partial charge in [-0.1, -0.05) is 12.8 Å². The normalized spacial score (nSPS) is 38.6. The first kappa shape index (κ1) is 20.3. The van der Waals surface area contributed by atoms with Crippen LogP contribution in [0.3, 0.4) is 0 Å². The fourth-order valence-corrected chi connectivity index (χ4v) is 4.56. The Morgan fingerprint density at radius 1 is 1.07 bits per heavy atom. The first-order chi connectivity index (χ1) is 12.4. The van der Waals surface area contributed by atoms with Gasteiger partial charge >= 0.3 is 6.18 Å². The predicted molar refractivity (Wildman–Crippen MR) is 86.2 cm³/mol. The van der Waals surface area contributed by atoms with E-state index in [0.717, 1.165) is 12.8 Å². The smallest absolute Gasteiger partial charge is 0.391 e. The number of hydrogen-bond donors (Lipinski definition) is 4. The third-order valence-electron chi connectivity index (χ3n) is 6.16. The molecule has 3 fully saturated rings. The average molecular weight is 394 g/mol. The Labute approximate surface area is 154 Å². The van der Waals surface area contributed by atoms with Crippen LogP contribution in [0.25, 0.3) is 0 Å². The number of carbonyl (C=O) groups excluding carboxylic acids is 2. The molecule has 3 rings (SSSR count). The van der Waals surface area contributed by atoms with Crippen molar-refractivity contribution in [1.82, 2.24) is 10.2 Å². The van der Waals surface area contributed by atoms with E-state index in [-0.39, 0.29) is 12.8 Å². The summed E-state index contributed by atoms with van der Waals surface area (Å²) in [6, 6.07) is -2.66. The standard InChI is InChI=1S/C17H25F3N2O5/c1-16(27,17(18,19)20)15(26)22-10-6-8(7-12(10)24)13(22)14(25)21-9-4-2-3-5-11(9)23/h8-13,23-24,27H,2-7H2,1H3,(H,21,25)/t8?,9-,10?,11-,12+,13-,16?/m1/s1. The van der Waals surface area contributed by atoms with Crippen molar-refractivity contribution in [3.05, 3.63) is 0 Å². The lowest BCUT2D eigenvalue weighted by Gasteiger charge is -2.41. The zero-order chi connectivity index (χ0) is 20.1. The quantitative estimate of drug-likeness (QED) is 0.542. The molecule has 1 aliphatic heterocycles. The Morgan fingerprint density at radius 3 is 2.30 bits per heavy atom. The van der Waals surface area contributed by atoms with Crippen molar-refractivity contribution in [3.63, 3.8) is 0 Å². The molecule has 3 unspecified atom stereocenters. The molecule has 2 amide bonds. The Balaban J connectivity index is 1.82. The summed E-state index contributed by atoms with van der Waals surface area (Å²) >= 11 is 0. The van der Waals surface area contributed by atoms with Gasteiger partial charge in [-0.05, 0) is 38.5 Å². The van der Waals surface area contributed by atoms with Gasteiger partial charge in [0.1, 0.15) is 6.04 Å². The zero-order valence-electron chi connectivity index (χ0n) is 14.9. The topological polar surface area (TPSA) is 110 Å². The lowest BCUT2D eigenvalue weighted by atomic mass is 9.90. The number of rotatable bonds is 3. The number of carbonyl (C=O) groups is 2. The minimum atomic E-state index is -5.21. The molecule has 2 aliphatic carbocycles. The van der Waals surface area contributed by atoms with Gasteiger partial charge < -0.3 is 25.5 Å². The third-order valence-corrected chi connectivity index (χ3v) is 6.16. The highest BCUT2D eigenvalue weighted by atomic mass is 19.4. The number of fused-ring (bicyclic) bond motifs is 2. The van der Waals surface area contributed by atoms with E-state index in [1.807, 2.05) is 0 Å². The van der Waals surface area contributed by atoms with Crippen LogP contribution in [0, 0.1) is 5.92 Å². The van der Waals surface area contributed by atoms with Gasteiger partial charge in [0.2, 0.25) is 11.5 Å². The molecule has 0 aromatic heterocycles. The summed E-state index contributed by atoms with van der Waals surface area (Å²) in [6.07, 6.45) is -3.88. The second-order valence-corrected chi connectivity index (χ2v) is 8.06. The summed E-state index contributed by atoms with van der Waals surface area (Å²) in [5.74, 6) is -2.77. The Bertz CT molecular complexity index is 612. The average Bonchev–Trinajstić information content (AvgIpc) is 3.11. The van der Waals surface area contributed by atoms with Gasteiger partial charge in [0.15, 0.2) is 0 Å². The number of hydrogen-bond acceptors (Lipinski definition) is 5. The zero-order valence-corrected chi connectivity index (χ0v) is 14.9. The fourth-order valence-electron chi connectivity index (χ4n) is 4.56. The molecule has 2 saturated carbocycles. The van der Waals surface area contributed by atoms with Gasteiger partial charge in [-0.3, -0.25) is 9.59 Å². The summed E-state index contributed by atoms with van der Waals surface area (Å²) in [5, 5.41) is 32.5. The van der Waals surface area contributed by atoms with Gasteiger partial charge in [-0.2, -0.15) is 13.2 Å². The molecule has 7 atom stereocenters. The fraction of sp³-hybridized carbons (Fsp3) is 0.882. The summed E-state index contributed by atoms with van der Waals surface area (Å²) < 4.78 is 39.4. The molecular weight excluding hydrogens is 369 g/mol. The highest BCUT2D eigenvalue weighted by Gasteiger charge is 2.63. The molecule has 0 spiro atoms. The molecule has 0 aromatic rings. The third kappa shape index (κ3) is 3.42. The van der Waals surface area contributed by atoms with Crippen LogP contribution in [-0.2, 0) is 9.59 Å². The van der Waals surface area contributed by atoms with Crippen molar-refractivity contribution in [1.29, 1.82) is 0 Å². The first-order valence-electron chi connectivity index (χ1n) is 9.23. The molecule has 154 valence electrons. The maximum atomic E-state index is 13.1. The number of halogens is 3. The number of nitrogens with zero attached hydrogens (tertiary/aromatic N) is 1. The van der Waals surface area contributed by atoms with Crippen LogP contribution in [0.4, 0.5) is 13.2 Å². The van der Waals surface area contributed by atoms with Gasteiger partial charge in [0.05, 0.1) is 24.3 Å². The van der Waals surface area contributed by atoms with E-state index in [0.29, 0.717) is 24.7 Å². The van der Waals surface area contributed by atoms with E-state index < -0.39 is 59.8 Å². The molecule has 0 radical (unpaired) electrons. The highest BCUT2D eigenvalue weighted by Crippen LogP contribution is 2.45. The van der Waals surface area contributed by atoms with E-state index >= 15 is 0 Å². The number of nitrogens with one attached hydrogen (secondary N) is 1. The van der Waals surface area contributed by atoms with E-state index in [2.05, 4.69) is 5.32 Å². The summed E-state index contributed by atoms with van der Waals surface area (Å²) in [5.41, 5.74) is -3.65. The lowest BCUT2D eigenvalue weighted by molar-refractivity contribution is -0.252. The van der Waals surface area contributed by atoms with Crippen LogP contribution in [0.1, 0.15) is 45.4 Å².